The molecule has 0 spiro atoms. The number of hydrogen-bond acceptors (Lipinski definition) is 4. The molecular weight excluding hydrogens is 389 g/mol. The van der Waals surface area contributed by atoms with Crippen LogP contribution in [0.2, 0.25) is 0 Å². The van der Waals surface area contributed by atoms with Gasteiger partial charge in [-0.05, 0) is 46.5 Å². The smallest absolute Gasteiger partial charge is 0.172 e. The third kappa shape index (κ3) is 2.89. The van der Waals surface area contributed by atoms with Crippen molar-refractivity contribution in [2.24, 2.45) is 10.7 Å². The molecule has 3 aromatic carbocycles. The number of benzene rings is 3. The van der Waals surface area contributed by atoms with Crippen molar-refractivity contribution >= 4 is 5.84 Å². The van der Waals surface area contributed by atoms with Crippen LogP contribution in [0, 0.1) is 5.82 Å². The molecule has 152 valence electrons. The Morgan fingerprint density at radius 1 is 0.839 bits per heavy atom. The summed E-state index contributed by atoms with van der Waals surface area (Å²) >= 11 is 0. The average Bonchev–Trinajstić information content (AvgIpc) is 3.13. The molecule has 1 unspecified atom stereocenters. The van der Waals surface area contributed by atoms with Gasteiger partial charge in [-0.15, -0.1) is 0 Å². The molecule has 0 saturated carbocycles. The van der Waals surface area contributed by atoms with Crippen molar-refractivity contribution < 1.29 is 9.13 Å². The number of aliphatic imine (C=N–C) groups is 1. The number of amidine groups is 1. The summed E-state index contributed by atoms with van der Waals surface area (Å²) in [4.78, 5) is 9.14. The van der Waals surface area contributed by atoms with Crippen molar-refractivity contribution in [1.82, 2.24) is 4.98 Å². The fourth-order valence-corrected chi connectivity index (χ4v) is 4.33. The topological polar surface area (TPSA) is 60.5 Å². The van der Waals surface area contributed by atoms with E-state index in [4.69, 9.17) is 15.5 Å². The minimum absolute atomic E-state index is 0.209. The van der Waals surface area contributed by atoms with Crippen molar-refractivity contribution in [3.05, 3.63) is 119 Å². The molecule has 0 bridgehead atoms. The lowest BCUT2D eigenvalue weighted by Gasteiger charge is -2.29. The third-order valence-electron chi connectivity index (χ3n) is 5.75. The molecule has 0 saturated heterocycles. The lowest BCUT2D eigenvalue weighted by molar-refractivity contribution is 0.387. The predicted molar refractivity (Wildman–Crippen MR) is 120 cm³/mol. The average molecular weight is 409 g/mol. The molecule has 5 heteroatoms. The Morgan fingerprint density at radius 2 is 1.58 bits per heavy atom. The third-order valence-corrected chi connectivity index (χ3v) is 5.75. The number of rotatable bonds is 4. The Hall–Kier alpha value is -3.99. The minimum Gasteiger partial charge on any atom is -0.494 e. The minimum atomic E-state index is -0.838. The van der Waals surface area contributed by atoms with Crippen LogP contribution in [-0.2, 0) is 5.54 Å². The summed E-state index contributed by atoms with van der Waals surface area (Å²) in [5.41, 5.74) is 10.5. The van der Waals surface area contributed by atoms with Crippen LogP contribution in [0.25, 0.3) is 11.1 Å². The second-order valence-corrected chi connectivity index (χ2v) is 7.39. The van der Waals surface area contributed by atoms with Crippen molar-refractivity contribution in [2.45, 2.75) is 5.54 Å². The summed E-state index contributed by atoms with van der Waals surface area (Å²) in [5.74, 6) is 0.292. The summed E-state index contributed by atoms with van der Waals surface area (Å²) in [6, 6.07) is 24.7. The number of nitrogens with two attached hydrogens (primary N) is 1. The number of halogens is 1. The van der Waals surface area contributed by atoms with Crippen LogP contribution >= 0.6 is 0 Å². The van der Waals surface area contributed by atoms with Crippen molar-refractivity contribution in [3.8, 4) is 16.9 Å². The number of fused-ring (bicyclic) bond motifs is 1. The summed E-state index contributed by atoms with van der Waals surface area (Å²) in [5, 5.41) is 0. The van der Waals surface area contributed by atoms with Gasteiger partial charge in [0.15, 0.2) is 11.6 Å². The Morgan fingerprint density at radius 3 is 2.39 bits per heavy atom. The number of pyridine rings is 1. The van der Waals surface area contributed by atoms with E-state index in [2.05, 4.69) is 4.98 Å². The lowest BCUT2D eigenvalue weighted by atomic mass is 9.77. The van der Waals surface area contributed by atoms with E-state index < -0.39 is 11.4 Å². The molecule has 4 nitrogen and oxygen atoms in total. The summed E-state index contributed by atoms with van der Waals surface area (Å²) in [7, 11) is 1.46. The molecule has 0 aliphatic carbocycles. The maximum atomic E-state index is 15.0. The molecular formula is C26H20FN3O. The van der Waals surface area contributed by atoms with Gasteiger partial charge in [-0.3, -0.25) is 4.98 Å². The molecule has 1 atom stereocenters. The van der Waals surface area contributed by atoms with Gasteiger partial charge >= 0.3 is 0 Å². The summed E-state index contributed by atoms with van der Waals surface area (Å²) < 4.78 is 20.2. The van der Waals surface area contributed by atoms with Gasteiger partial charge in [0, 0.05) is 23.5 Å². The highest BCUT2D eigenvalue weighted by molar-refractivity contribution is 6.03. The molecule has 2 N–H and O–H groups in total. The monoisotopic (exact) mass is 409 g/mol. The molecule has 0 radical (unpaired) electrons. The molecule has 1 aliphatic rings. The Bertz CT molecular complexity index is 1300. The highest BCUT2D eigenvalue weighted by Gasteiger charge is 2.42. The summed E-state index contributed by atoms with van der Waals surface area (Å²) in [6.45, 7) is 0. The summed E-state index contributed by atoms with van der Waals surface area (Å²) in [6.07, 6.45) is 3.49. The van der Waals surface area contributed by atoms with Crippen LogP contribution in [0.1, 0.15) is 22.3 Å². The fraction of sp³-hybridized carbons (Fsp3) is 0.0769. The lowest BCUT2D eigenvalue weighted by Crippen LogP contribution is -2.25. The molecule has 5 rings (SSSR count). The molecule has 1 aromatic heterocycles. The maximum Gasteiger partial charge on any atom is 0.172 e. The predicted octanol–water partition coefficient (Wildman–Crippen LogP) is 4.91. The highest BCUT2D eigenvalue weighted by Crippen LogP contribution is 2.46. The second kappa shape index (κ2) is 7.36. The van der Waals surface area contributed by atoms with Gasteiger partial charge < -0.3 is 10.5 Å². The van der Waals surface area contributed by atoms with E-state index in [0.717, 1.165) is 27.8 Å². The van der Waals surface area contributed by atoms with Crippen molar-refractivity contribution in [3.63, 3.8) is 0 Å². The van der Waals surface area contributed by atoms with Gasteiger partial charge in [0.05, 0.1) is 7.11 Å². The molecule has 4 aromatic rings. The number of hydrogen-bond donors (Lipinski definition) is 1. The fourth-order valence-electron chi connectivity index (χ4n) is 4.33. The number of nitrogens with zero attached hydrogens (tertiary/aromatic N) is 2. The van der Waals surface area contributed by atoms with E-state index in [-0.39, 0.29) is 5.75 Å². The van der Waals surface area contributed by atoms with Crippen LogP contribution in [0.3, 0.4) is 0 Å². The first-order valence-electron chi connectivity index (χ1n) is 9.94. The molecule has 1 aliphatic heterocycles. The first-order chi connectivity index (χ1) is 15.1. The molecule has 2 heterocycles. The normalized spacial score (nSPS) is 17.2. The zero-order chi connectivity index (χ0) is 21.4. The van der Waals surface area contributed by atoms with E-state index in [1.165, 1.54) is 7.11 Å². The number of ether oxygens (including phenoxy) is 1. The van der Waals surface area contributed by atoms with E-state index >= 15 is 4.39 Å². The quantitative estimate of drug-likeness (QED) is 0.521. The van der Waals surface area contributed by atoms with Crippen LogP contribution in [0.15, 0.2) is 96.2 Å². The second-order valence-electron chi connectivity index (χ2n) is 7.39. The maximum absolute atomic E-state index is 15.0. The van der Waals surface area contributed by atoms with Crippen molar-refractivity contribution in [1.29, 1.82) is 0 Å². The van der Waals surface area contributed by atoms with Gasteiger partial charge in [-0.2, -0.15) is 0 Å². The first-order valence-corrected chi connectivity index (χ1v) is 9.94. The zero-order valence-corrected chi connectivity index (χ0v) is 16.9. The van der Waals surface area contributed by atoms with E-state index in [9.17, 15) is 0 Å². The van der Waals surface area contributed by atoms with E-state index in [1.807, 2.05) is 60.7 Å². The highest BCUT2D eigenvalue weighted by atomic mass is 19.1. The van der Waals surface area contributed by atoms with Crippen molar-refractivity contribution in [2.75, 3.05) is 7.11 Å². The Labute approximate surface area is 179 Å². The largest absolute Gasteiger partial charge is 0.494 e. The van der Waals surface area contributed by atoms with Crippen LogP contribution in [0.5, 0.6) is 5.75 Å². The van der Waals surface area contributed by atoms with E-state index in [0.29, 0.717) is 11.4 Å². The Balaban J connectivity index is 1.77. The van der Waals surface area contributed by atoms with Gasteiger partial charge in [0.1, 0.15) is 11.4 Å². The van der Waals surface area contributed by atoms with Gasteiger partial charge in [0.2, 0.25) is 0 Å². The van der Waals surface area contributed by atoms with Crippen LogP contribution in [-0.4, -0.2) is 17.9 Å². The van der Waals surface area contributed by atoms with E-state index in [1.54, 1.807) is 30.6 Å². The first kappa shape index (κ1) is 19.0. The van der Waals surface area contributed by atoms with Crippen LogP contribution < -0.4 is 10.5 Å². The van der Waals surface area contributed by atoms with Crippen LogP contribution in [0.4, 0.5) is 4.39 Å². The number of aromatic nitrogens is 1. The molecule has 0 amide bonds. The molecule has 31 heavy (non-hydrogen) atoms. The SMILES string of the molecule is COc1cccc(-c2cccc(C3(c4ccncc4)N=C(N)c4ccccc43)c2)c1F. The standard InChI is InChI=1S/C26H20FN3O/c1-31-23-11-5-9-20(24(23)27)17-6-4-7-19(16-17)26(18-12-14-29-15-13-18)22-10-3-2-8-21(22)25(28)30-26/h2-16H,1H3,(H2,28,30). The van der Waals surface area contributed by atoms with Gasteiger partial charge in [0.25, 0.3) is 0 Å². The van der Waals surface area contributed by atoms with Gasteiger partial charge in [-0.1, -0.05) is 54.6 Å². The van der Waals surface area contributed by atoms with Gasteiger partial charge in [-0.25, -0.2) is 9.38 Å². The Kier molecular flexibility index (Phi) is 4.51. The number of methoxy groups -OCH3 is 1. The molecule has 0 fully saturated rings. The zero-order valence-electron chi connectivity index (χ0n) is 16.9.